The van der Waals surface area contributed by atoms with Crippen molar-refractivity contribution in [3.8, 4) is 0 Å². The Morgan fingerprint density at radius 1 is 1.31 bits per heavy atom. The van der Waals surface area contributed by atoms with Gasteiger partial charge in [0, 0.05) is 31.8 Å². The van der Waals surface area contributed by atoms with Crippen LogP contribution in [-0.2, 0) is 4.79 Å². The molecule has 0 N–H and O–H groups in total. The fraction of sp³-hybridized carbons (Fsp3) is 0.200. The largest absolute Gasteiger partial charge is 0.342 e. The zero-order valence-electron chi connectivity index (χ0n) is 8.84. The number of carbonyl (C=O) groups excluding carboxylic acids is 2. The van der Waals surface area contributed by atoms with Crippen LogP contribution in [0.5, 0.6) is 0 Å². The Labute approximate surface area is 91.6 Å². The van der Waals surface area contributed by atoms with Crippen molar-refractivity contribution >= 4 is 17.4 Å². The molecular formula is C10H10N2O4. The summed E-state index contributed by atoms with van der Waals surface area (Å²) in [6, 6.07) is 5.09. The van der Waals surface area contributed by atoms with Gasteiger partial charge in [0.15, 0.2) is 0 Å². The maximum atomic E-state index is 11.5. The van der Waals surface area contributed by atoms with Crippen LogP contribution in [0.4, 0.5) is 5.69 Å². The third-order valence-electron chi connectivity index (χ3n) is 1.92. The lowest BCUT2D eigenvalue weighted by molar-refractivity contribution is -0.384. The molecule has 1 aromatic rings. The minimum absolute atomic E-state index is 0.0212. The van der Waals surface area contributed by atoms with Gasteiger partial charge in [0.25, 0.3) is 17.4 Å². The molecule has 0 aliphatic carbocycles. The molecule has 0 aliphatic heterocycles. The number of ketones is 1. The Bertz CT molecular complexity index is 454. The standard InChI is InChI=1S/C10H10N2O4/c1-11(2)10(14)9(13)7-4-3-5-8(6-7)12(15)16/h3-6H,1-2H3. The highest BCUT2D eigenvalue weighted by Crippen LogP contribution is 2.13. The fourth-order valence-electron chi connectivity index (χ4n) is 1.09. The lowest BCUT2D eigenvalue weighted by atomic mass is 10.1. The van der Waals surface area contributed by atoms with Gasteiger partial charge in [0.2, 0.25) is 0 Å². The number of nitro groups is 1. The van der Waals surface area contributed by atoms with E-state index in [1.807, 2.05) is 0 Å². The number of rotatable bonds is 3. The average Bonchev–Trinajstić information content (AvgIpc) is 2.27. The lowest BCUT2D eigenvalue weighted by Gasteiger charge is -2.08. The third kappa shape index (κ3) is 2.41. The van der Waals surface area contributed by atoms with E-state index < -0.39 is 16.6 Å². The number of Topliss-reactive ketones (excluding diaryl/α,β-unsaturated/α-hetero) is 1. The number of amides is 1. The highest BCUT2D eigenvalue weighted by atomic mass is 16.6. The van der Waals surface area contributed by atoms with Crippen molar-refractivity contribution in [1.29, 1.82) is 0 Å². The monoisotopic (exact) mass is 222 g/mol. The second kappa shape index (κ2) is 4.52. The van der Waals surface area contributed by atoms with Crippen LogP contribution in [0, 0.1) is 10.1 Å². The van der Waals surface area contributed by atoms with Crippen molar-refractivity contribution in [1.82, 2.24) is 4.90 Å². The van der Waals surface area contributed by atoms with E-state index in [-0.39, 0.29) is 11.3 Å². The quantitative estimate of drug-likeness (QED) is 0.329. The Morgan fingerprint density at radius 3 is 2.44 bits per heavy atom. The summed E-state index contributed by atoms with van der Waals surface area (Å²) in [6.45, 7) is 0. The number of non-ortho nitro benzene ring substituents is 1. The first-order valence-electron chi connectivity index (χ1n) is 4.44. The van der Waals surface area contributed by atoms with Gasteiger partial charge in [-0.3, -0.25) is 19.7 Å². The van der Waals surface area contributed by atoms with Crippen LogP contribution in [0.2, 0.25) is 0 Å². The highest BCUT2D eigenvalue weighted by Gasteiger charge is 2.19. The summed E-state index contributed by atoms with van der Waals surface area (Å²) in [6.07, 6.45) is 0. The molecule has 0 fully saturated rings. The minimum Gasteiger partial charge on any atom is -0.342 e. The molecule has 0 radical (unpaired) electrons. The van der Waals surface area contributed by atoms with Crippen molar-refractivity contribution in [3.63, 3.8) is 0 Å². The smallest absolute Gasteiger partial charge is 0.294 e. The van der Waals surface area contributed by atoms with Crippen LogP contribution >= 0.6 is 0 Å². The van der Waals surface area contributed by atoms with Crippen LogP contribution < -0.4 is 0 Å². The number of benzene rings is 1. The van der Waals surface area contributed by atoms with Gasteiger partial charge >= 0.3 is 0 Å². The summed E-state index contributed by atoms with van der Waals surface area (Å²) in [5, 5.41) is 10.5. The van der Waals surface area contributed by atoms with E-state index in [0.29, 0.717) is 0 Å². The molecule has 0 spiro atoms. The SMILES string of the molecule is CN(C)C(=O)C(=O)c1cccc([N+](=O)[O-])c1. The van der Waals surface area contributed by atoms with Crippen molar-refractivity contribution in [2.75, 3.05) is 14.1 Å². The summed E-state index contributed by atoms with van der Waals surface area (Å²) in [5.41, 5.74) is -0.190. The van der Waals surface area contributed by atoms with Gasteiger partial charge in [-0.05, 0) is 0 Å². The number of likely N-dealkylation sites (N-methyl/N-ethyl adjacent to an activating group) is 1. The molecule has 0 saturated carbocycles. The van der Waals surface area contributed by atoms with Crippen LogP contribution in [-0.4, -0.2) is 35.6 Å². The first-order chi connectivity index (χ1) is 7.43. The summed E-state index contributed by atoms with van der Waals surface area (Å²) in [4.78, 5) is 33.9. The predicted molar refractivity (Wildman–Crippen MR) is 56.1 cm³/mol. The van der Waals surface area contributed by atoms with Crippen LogP contribution in [0.25, 0.3) is 0 Å². The maximum absolute atomic E-state index is 11.5. The zero-order chi connectivity index (χ0) is 12.3. The summed E-state index contributed by atoms with van der Waals surface area (Å²) in [7, 11) is 2.88. The third-order valence-corrected chi connectivity index (χ3v) is 1.92. The van der Waals surface area contributed by atoms with Gasteiger partial charge in [0.05, 0.1) is 4.92 Å². The molecule has 6 nitrogen and oxygen atoms in total. The summed E-state index contributed by atoms with van der Waals surface area (Å²) >= 11 is 0. The average molecular weight is 222 g/mol. The lowest BCUT2D eigenvalue weighted by Crippen LogP contribution is -2.29. The number of carbonyl (C=O) groups is 2. The van der Waals surface area contributed by atoms with E-state index in [9.17, 15) is 19.7 Å². The van der Waals surface area contributed by atoms with Crippen molar-refractivity contribution in [2.45, 2.75) is 0 Å². The Kier molecular flexibility index (Phi) is 3.34. The molecule has 1 rings (SSSR count). The molecule has 0 saturated heterocycles. The first kappa shape index (κ1) is 11.8. The normalized spacial score (nSPS) is 9.62. The predicted octanol–water partition coefficient (Wildman–Crippen LogP) is 0.866. The van der Waals surface area contributed by atoms with Gasteiger partial charge in [0.1, 0.15) is 0 Å². The minimum atomic E-state index is -0.756. The van der Waals surface area contributed by atoms with Crippen LogP contribution in [0.3, 0.4) is 0 Å². The first-order valence-corrected chi connectivity index (χ1v) is 4.44. The van der Waals surface area contributed by atoms with Crippen molar-refractivity contribution in [3.05, 3.63) is 39.9 Å². The molecule has 0 unspecified atom stereocenters. The van der Waals surface area contributed by atoms with Gasteiger partial charge in [-0.25, -0.2) is 0 Å². The number of nitrogens with zero attached hydrogens (tertiary/aromatic N) is 2. The molecule has 0 aliphatic rings. The highest BCUT2D eigenvalue weighted by molar-refractivity contribution is 6.42. The van der Waals surface area contributed by atoms with E-state index in [1.54, 1.807) is 0 Å². The van der Waals surface area contributed by atoms with Gasteiger partial charge < -0.3 is 4.90 Å². The fourth-order valence-corrected chi connectivity index (χ4v) is 1.09. The van der Waals surface area contributed by atoms with E-state index >= 15 is 0 Å². The molecule has 6 heteroatoms. The van der Waals surface area contributed by atoms with E-state index in [4.69, 9.17) is 0 Å². The van der Waals surface area contributed by atoms with E-state index in [1.165, 1.54) is 32.3 Å². The Hall–Kier alpha value is -2.24. The van der Waals surface area contributed by atoms with Gasteiger partial charge in [-0.2, -0.15) is 0 Å². The number of hydrogen-bond donors (Lipinski definition) is 0. The van der Waals surface area contributed by atoms with Gasteiger partial charge in [-0.15, -0.1) is 0 Å². The molecule has 1 amide bonds. The molecular weight excluding hydrogens is 212 g/mol. The topological polar surface area (TPSA) is 80.5 Å². The molecule has 0 atom stereocenters. The number of nitro benzene ring substituents is 1. The summed E-state index contributed by atoms with van der Waals surface area (Å²) < 4.78 is 0. The second-order valence-electron chi connectivity index (χ2n) is 3.34. The molecule has 0 bridgehead atoms. The van der Waals surface area contributed by atoms with Gasteiger partial charge in [-0.1, -0.05) is 12.1 Å². The summed E-state index contributed by atoms with van der Waals surface area (Å²) in [5.74, 6) is -1.46. The molecule has 0 aromatic heterocycles. The number of hydrogen-bond acceptors (Lipinski definition) is 4. The Balaban J connectivity index is 3.05. The van der Waals surface area contributed by atoms with Crippen molar-refractivity contribution < 1.29 is 14.5 Å². The molecule has 0 heterocycles. The molecule has 1 aromatic carbocycles. The molecule has 16 heavy (non-hydrogen) atoms. The van der Waals surface area contributed by atoms with Crippen molar-refractivity contribution in [2.24, 2.45) is 0 Å². The molecule has 84 valence electrons. The van der Waals surface area contributed by atoms with E-state index in [0.717, 1.165) is 11.0 Å². The Morgan fingerprint density at radius 2 is 1.94 bits per heavy atom. The van der Waals surface area contributed by atoms with Crippen LogP contribution in [0.1, 0.15) is 10.4 Å². The zero-order valence-corrected chi connectivity index (χ0v) is 8.84. The van der Waals surface area contributed by atoms with Crippen LogP contribution in [0.15, 0.2) is 24.3 Å². The second-order valence-corrected chi connectivity index (χ2v) is 3.34. The van der Waals surface area contributed by atoms with E-state index in [2.05, 4.69) is 0 Å². The maximum Gasteiger partial charge on any atom is 0.294 e.